The van der Waals surface area contributed by atoms with E-state index >= 15 is 0 Å². The normalized spacial score (nSPS) is 16.6. The SMILES string of the molecule is O=C(Nc1ccccn1)c1cnc2ccc(N3CCC(F)(F)CC3)nn12. The van der Waals surface area contributed by atoms with E-state index in [1.54, 1.807) is 41.4 Å². The number of amides is 1. The Bertz CT molecular complexity index is 933. The van der Waals surface area contributed by atoms with Gasteiger partial charge in [-0.25, -0.2) is 23.3 Å². The molecular weight excluding hydrogens is 342 g/mol. The number of alkyl halides is 2. The lowest BCUT2D eigenvalue weighted by Gasteiger charge is -2.32. The topological polar surface area (TPSA) is 75.4 Å². The zero-order valence-electron chi connectivity index (χ0n) is 13.8. The second-order valence-corrected chi connectivity index (χ2v) is 6.12. The van der Waals surface area contributed by atoms with Crippen molar-refractivity contribution >= 4 is 23.2 Å². The summed E-state index contributed by atoms with van der Waals surface area (Å²) in [6.45, 7) is 0.436. The van der Waals surface area contributed by atoms with Crippen molar-refractivity contribution in [3.05, 3.63) is 48.4 Å². The van der Waals surface area contributed by atoms with Crippen LogP contribution in [0.25, 0.3) is 5.65 Å². The van der Waals surface area contributed by atoms with E-state index in [0.717, 1.165) is 0 Å². The highest BCUT2D eigenvalue weighted by atomic mass is 19.3. The monoisotopic (exact) mass is 358 g/mol. The summed E-state index contributed by atoms with van der Waals surface area (Å²) in [6, 6.07) is 8.63. The third kappa shape index (κ3) is 3.19. The third-order valence-corrected chi connectivity index (χ3v) is 4.31. The number of rotatable bonds is 3. The Hall–Kier alpha value is -3.10. The van der Waals surface area contributed by atoms with Crippen molar-refractivity contribution in [3.63, 3.8) is 0 Å². The fourth-order valence-electron chi connectivity index (χ4n) is 2.87. The Kier molecular flexibility index (Phi) is 3.98. The lowest BCUT2D eigenvalue weighted by Crippen LogP contribution is -2.40. The Morgan fingerprint density at radius 1 is 1.12 bits per heavy atom. The first-order valence-corrected chi connectivity index (χ1v) is 8.22. The zero-order chi connectivity index (χ0) is 18.1. The molecule has 1 amide bonds. The molecule has 0 radical (unpaired) electrons. The fourth-order valence-corrected chi connectivity index (χ4v) is 2.87. The number of imidazole rings is 1. The Balaban J connectivity index is 1.60. The van der Waals surface area contributed by atoms with E-state index in [1.165, 1.54) is 10.7 Å². The van der Waals surface area contributed by atoms with Crippen molar-refractivity contribution in [1.29, 1.82) is 0 Å². The molecule has 0 unspecified atom stereocenters. The summed E-state index contributed by atoms with van der Waals surface area (Å²) in [6.07, 6.45) is 2.59. The number of aromatic nitrogens is 4. The molecule has 0 aromatic carbocycles. The van der Waals surface area contributed by atoms with Crippen molar-refractivity contribution in [3.8, 4) is 0 Å². The minimum Gasteiger partial charge on any atom is -0.355 e. The fraction of sp³-hybridized carbons (Fsp3) is 0.294. The average Bonchev–Trinajstić information content (AvgIpc) is 3.06. The van der Waals surface area contributed by atoms with E-state index in [9.17, 15) is 13.6 Å². The average molecular weight is 358 g/mol. The summed E-state index contributed by atoms with van der Waals surface area (Å²) in [5.41, 5.74) is 0.747. The zero-order valence-corrected chi connectivity index (χ0v) is 13.8. The minimum absolute atomic E-state index is 0.205. The molecule has 0 bridgehead atoms. The lowest BCUT2D eigenvalue weighted by atomic mass is 10.1. The largest absolute Gasteiger partial charge is 0.355 e. The van der Waals surface area contributed by atoms with Gasteiger partial charge in [-0.1, -0.05) is 6.07 Å². The molecule has 9 heteroatoms. The second-order valence-electron chi connectivity index (χ2n) is 6.12. The number of nitrogens with one attached hydrogen (secondary N) is 1. The molecule has 134 valence electrons. The smallest absolute Gasteiger partial charge is 0.277 e. The van der Waals surface area contributed by atoms with Gasteiger partial charge in [0.2, 0.25) is 0 Å². The number of nitrogens with zero attached hydrogens (tertiary/aromatic N) is 5. The van der Waals surface area contributed by atoms with E-state index in [2.05, 4.69) is 20.4 Å². The van der Waals surface area contributed by atoms with Crippen molar-refractivity contribution in [2.24, 2.45) is 0 Å². The Morgan fingerprint density at radius 2 is 1.92 bits per heavy atom. The summed E-state index contributed by atoms with van der Waals surface area (Å²) in [4.78, 5) is 22.5. The second kappa shape index (κ2) is 6.32. The van der Waals surface area contributed by atoms with Gasteiger partial charge in [-0.05, 0) is 24.3 Å². The minimum atomic E-state index is -2.62. The standard InChI is InChI=1S/C17H16F2N6O/c18-17(19)6-9-24(10-7-17)15-5-4-14-21-11-12(25(14)23-15)16(26)22-13-3-1-2-8-20-13/h1-5,8,11H,6-7,9-10H2,(H,20,22,26). The van der Waals surface area contributed by atoms with Gasteiger partial charge in [-0.2, -0.15) is 0 Å². The van der Waals surface area contributed by atoms with Crippen LogP contribution in [0.15, 0.2) is 42.7 Å². The van der Waals surface area contributed by atoms with Crippen molar-refractivity contribution in [2.75, 3.05) is 23.3 Å². The molecule has 1 fully saturated rings. The van der Waals surface area contributed by atoms with Gasteiger partial charge in [0.25, 0.3) is 11.8 Å². The maximum Gasteiger partial charge on any atom is 0.277 e. The van der Waals surface area contributed by atoms with Crippen molar-refractivity contribution in [2.45, 2.75) is 18.8 Å². The molecule has 3 aromatic rings. The summed E-state index contributed by atoms with van der Waals surface area (Å²) in [7, 11) is 0. The van der Waals surface area contributed by atoms with E-state index in [-0.39, 0.29) is 31.6 Å². The number of carbonyl (C=O) groups excluding carboxylic acids is 1. The van der Waals surface area contributed by atoms with Crippen LogP contribution in [0.3, 0.4) is 0 Å². The van der Waals surface area contributed by atoms with Gasteiger partial charge in [0.15, 0.2) is 11.3 Å². The number of anilines is 2. The Labute approximate surface area is 147 Å². The number of halogens is 2. The highest BCUT2D eigenvalue weighted by Crippen LogP contribution is 2.29. The number of hydrogen-bond acceptors (Lipinski definition) is 5. The van der Waals surface area contributed by atoms with Crippen LogP contribution in [0.2, 0.25) is 0 Å². The van der Waals surface area contributed by atoms with Gasteiger partial charge in [-0.3, -0.25) is 4.79 Å². The van der Waals surface area contributed by atoms with Crippen LogP contribution >= 0.6 is 0 Å². The summed E-state index contributed by atoms with van der Waals surface area (Å²) < 4.78 is 28.1. The molecule has 0 aliphatic carbocycles. The van der Waals surface area contributed by atoms with Crippen LogP contribution < -0.4 is 10.2 Å². The van der Waals surface area contributed by atoms with Gasteiger partial charge < -0.3 is 10.2 Å². The summed E-state index contributed by atoms with van der Waals surface area (Å²) in [5.74, 6) is -2.06. The predicted octanol–water partition coefficient (Wildman–Crippen LogP) is 2.61. The highest BCUT2D eigenvalue weighted by Gasteiger charge is 2.34. The quantitative estimate of drug-likeness (QED) is 0.779. The van der Waals surface area contributed by atoms with E-state index in [1.807, 2.05) is 0 Å². The van der Waals surface area contributed by atoms with E-state index in [4.69, 9.17) is 0 Å². The van der Waals surface area contributed by atoms with Crippen LogP contribution in [0.1, 0.15) is 23.3 Å². The van der Waals surface area contributed by atoms with Crippen molar-refractivity contribution < 1.29 is 13.6 Å². The molecule has 1 saturated heterocycles. The molecule has 1 aliphatic heterocycles. The first-order valence-electron chi connectivity index (χ1n) is 8.22. The maximum atomic E-state index is 13.4. The van der Waals surface area contributed by atoms with Crippen LogP contribution in [-0.4, -0.2) is 44.5 Å². The molecule has 4 heterocycles. The predicted molar refractivity (Wildman–Crippen MR) is 91.6 cm³/mol. The first kappa shape index (κ1) is 16.4. The first-order chi connectivity index (χ1) is 12.5. The summed E-state index contributed by atoms with van der Waals surface area (Å²) in [5, 5.41) is 7.11. The van der Waals surface area contributed by atoms with Crippen LogP contribution in [0.5, 0.6) is 0 Å². The lowest BCUT2D eigenvalue weighted by molar-refractivity contribution is -0.0221. The van der Waals surface area contributed by atoms with Crippen LogP contribution in [-0.2, 0) is 0 Å². The number of pyridine rings is 1. The maximum absolute atomic E-state index is 13.4. The molecule has 0 spiro atoms. The number of hydrogen-bond donors (Lipinski definition) is 1. The number of piperidine rings is 1. The van der Waals surface area contributed by atoms with E-state index < -0.39 is 11.8 Å². The van der Waals surface area contributed by atoms with Crippen LogP contribution in [0.4, 0.5) is 20.4 Å². The van der Waals surface area contributed by atoms with Crippen LogP contribution in [0, 0.1) is 0 Å². The number of carbonyl (C=O) groups is 1. The molecular formula is C17H16F2N6O. The Morgan fingerprint density at radius 3 is 2.65 bits per heavy atom. The number of fused-ring (bicyclic) bond motifs is 1. The molecule has 26 heavy (non-hydrogen) atoms. The molecule has 1 N–H and O–H groups in total. The van der Waals surface area contributed by atoms with Gasteiger partial charge in [0.05, 0.1) is 6.20 Å². The molecule has 3 aromatic heterocycles. The molecule has 7 nitrogen and oxygen atoms in total. The molecule has 4 rings (SSSR count). The molecule has 0 saturated carbocycles. The van der Waals surface area contributed by atoms with E-state index in [0.29, 0.717) is 17.3 Å². The van der Waals surface area contributed by atoms with Gasteiger partial charge >= 0.3 is 0 Å². The highest BCUT2D eigenvalue weighted by molar-refractivity contribution is 6.02. The van der Waals surface area contributed by atoms with Gasteiger partial charge in [-0.15, -0.1) is 5.10 Å². The van der Waals surface area contributed by atoms with Crippen molar-refractivity contribution in [1.82, 2.24) is 19.6 Å². The molecule has 1 aliphatic rings. The van der Waals surface area contributed by atoms with Gasteiger partial charge in [0.1, 0.15) is 11.6 Å². The molecule has 0 atom stereocenters. The van der Waals surface area contributed by atoms with Gasteiger partial charge in [0, 0.05) is 32.1 Å². The summed E-state index contributed by atoms with van der Waals surface area (Å²) >= 11 is 0. The third-order valence-electron chi connectivity index (χ3n) is 4.31.